The third-order valence-corrected chi connectivity index (χ3v) is 6.49. The van der Waals surface area contributed by atoms with Crippen LogP contribution in [-0.2, 0) is 27.7 Å². The SMILES string of the molecule is CCOc1ccc(S(=O)(=O)N[C@@H](Cc2ccccc2)C(=O)Nc2ccccc2CC)cc1. The quantitative estimate of drug-likeness (QED) is 0.483. The summed E-state index contributed by atoms with van der Waals surface area (Å²) in [5.74, 6) is 0.172. The fraction of sp³-hybridized carbons (Fsp3) is 0.240. The highest BCUT2D eigenvalue weighted by molar-refractivity contribution is 7.89. The maximum Gasteiger partial charge on any atom is 0.242 e. The number of para-hydroxylation sites is 1. The first-order chi connectivity index (χ1) is 15.4. The number of anilines is 1. The Morgan fingerprint density at radius 1 is 0.906 bits per heavy atom. The third-order valence-electron chi connectivity index (χ3n) is 5.00. The summed E-state index contributed by atoms with van der Waals surface area (Å²) in [7, 11) is -3.93. The van der Waals surface area contributed by atoms with E-state index in [-0.39, 0.29) is 11.3 Å². The molecule has 0 saturated heterocycles. The summed E-state index contributed by atoms with van der Waals surface area (Å²) >= 11 is 0. The summed E-state index contributed by atoms with van der Waals surface area (Å²) in [6.07, 6.45) is 0.967. The summed E-state index contributed by atoms with van der Waals surface area (Å²) in [4.78, 5) is 13.2. The van der Waals surface area contributed by atoms with Crippen molar-refractivity contribution in [3.63, 3.8) is 0 Å². The summed E-state index contributed by atoms with van der Waals surface area (Å²) in [6.45, 7) is 4.35. The van der Waals surface area contributed by atoms with Crippen LogP contribution in [-0.4, -0.2) is 27.0 Å². The van der Waals surface area contributed by atoms with Crippen molar-refractivity contribution < 1.29 is 17.9 Å². The lowest BCUT2D eigenvalue weighted by Gasteiger charge is -2.20. The van der Waals surface area contributed by atoms with Gasteiger partial charge in [0.05, 0.1) is 11.5 Å². The van der Waals surface area contributed by atoms with Crippen molar-refractivity contribution in [3.8, 4) is 5.75 Å². The van der Waals surface area contributed by atoms with Crippen molar-refractivity contribution >= 4 is 21.6 Å². The average molecular weight is 453 g/mol. The summed E-state index contributed by atoms with van der Waals surface area (Å²) in [5, 5.41) is 2.90. The Hall–Kier alpha value is -3.16. The summed E-state index contributed by atoms with van der Waals surface area (Å²) < 4.78 is 34.1. The molecule has 0 bridgehead atoms. The van der Waals surface area contributed by atoms with Gasteiger partial charge in [-0.25, -0.2) is 8.42 Å². The van der Waals surface area contributed by atoms with Crippen LogP contribution in [0, 0.1) is 0 Å². The molecule has 0 aliphatic carbocycles. The lowest BCUT2D eigenvalue weighted by molar-refractivity contribution is -0.117. The molecule has 168 valence electrons. The van der Waals surface area contributed by atoms with Gasteiger partial charge in [0.2, 0.25) is 15.9 Å². The van der Waals surface area contributed by atoms with Crippen LogP contribution in [0.25, 0.3) is 0 Å². The Labute approximate surface area is 189 Å². The van der Waals surface area contributed by atoms with E-state index in [9.17, 15) is 13.2 Å². The Balaban J connectivity index is 1.85. The van der Waals surface area contributed by atoms with E-state index in [1.807, 2.05) is 68.4 Å². The van der Waals surface area contributed by atoms with Gasteiger partial charge < -0.3 is 10.1 Å². The molecule has 2 N–H and O–H groups in total. The number of rotatable bonds is 10. The van der Waals surface area contributed by atoms with Gasteiger partial charge in [0.1, 0.15) is 11.8 Å². The molecular weight excluding hydrogens is 424 g/mol. The molecular formula is C25H28N2O4S. The molecule has 32 heavy (non-hydrogen) atoms. The monoisotopic (exact) mass is 452 g/mol. The number of sulfonamides is 1. The van der Waals surface area contributed by atoms with Crippen LogP contribution in [0.5, 0.6) is 5.75 Å². The Morgan fingerprint density at radius 2 is 1.56 bits per heavy atom. The van der Waals surface area contributed by atoms with Crippen LogP contribution < -0.4 is 14.8 Å². The Bertz CT molecular complexity index is 1130. The van der Waals surface area contributed by atoms with E-state index >= 15 is 0 Å². The van der Waals surface area contributed by atoms with Crippen molar-refractivity contribution in [2.75, 3.05) is 11.9 Å². The predicted molar refractivity (Wildman–Crippen MR) is 126 cm³/mol. The van der Waals surface area contributed by atoms with Crippen LogP contribution >= 0.6 is 0 Å². The minimum absolute atomic E-state index is 0.0702. The van der Waals surface area contributed by atoms with Gasteiger partial charge in [-0.3, -0.25) is 4.79 Å². The van der Waals surface area contributed by atoms with E-state index in [0.717, 1.165) is 17.5 Å². The van der Waals surface area contributed by atoms with Crippen molar-refractivity contribution in [2.24, 2.45) is 0 Å². The van der Waals surface area contributed by atoms with Gasteiger partial charge in [0, 0.05) is 5.69 Å². The van der Waals surface area contributed by atoms with Gasteiger partial charge in [-0.15, -0.1) is 0 Å². The normalized spacial score (nSPS) is 12.2. The smallest absolute Gasteiger partial charge is 0.242 e. The highest BCUT2D eigenvalue weighted by atomic mass is 32.2. The second kappa shape index (κ2) is 10.9. The van der Waals surface area contributed by atoms with Crippen molar-refractivity contribution in [1.82, 2.24) is 4.72 Å². The lowest BCUT2D eigenvalue weighted by atomic mass is 10.1. The molecule has 1 amide bonds. The minimum atomic E-state index is -3.93. The zero-order valence-electron chi connectivity index (χ0n) is 18.2. The van der Waals surface area contributed by atoms with E-state index in [0.29, 0.717) is 18.0 Å². The topological polar surface area (TPSA) is 84.5 Å². The second-order valence-corrected chi connectivity index (χ2v) is 8.98. The molecule has 6 nitrogen and oxygen atoms in total. The number of carbonyl (C=O) groups excluding carboxylic acids is 1. The number of carbonyl (C=O) groups is 1. The number of aryl methyl sites for hydroxylation is 1. The van der Waals surface area contributed by atoms with Crippen LogP contribution in [0.3, 0.4) is 0 Å². The molecule has 0 aliphatic rings. The third kappa shape index (κ3) is 6.18. The molecule has 0 spiro atoms. The molecule has 0 aromatic heterocycles. The van der Waals surface area contributed by atoms with Gasteiger partial charge in [0.25, 0.3) is 0 Å². The number of benzene rings is 3. The fourth-order valence-electron chi connectivity index (χ4n) is 3.35. The predicted octanol–water partition coefficient (Wildman–Crippen LogP) is 4.18. The second-order valence-electron chi connectivity index (χ2n) is 7.27. The van der Waals surface area contributed by atoms with Gasteiger partial charge in [-0.2, -0.15) is 4.72 Å². The molecule has 7 heteroatoms. The molecule has 0 heterocycles. The Kier molecular flexibility index (Phi) is 8.03. The van der Waals surface area contributed by atoms with E-state index in [2.05, 4.69) is 10.0 Å². The molecule has 0 fully saturated rings. The standard InChI is InChI=1S/C25H28N2O4S/c1-3-20-12-8-9-13-23(20)26-25(28)24(18-19-10-6-5-7-11-19)27-32(29,30)22-16-14-21(15-17-22)31-4-2/h5-17,24,27H,3-4,18H2,1-2H3,(H,26,28)/t24-/m0/s1. The minimum Gasteiger partial charge on any atom is -0.494 e. The maximum atomic E-state index is 13.2. The van der Waals surface area contributed by atoms with E-state index in [1.165, 1.54) is 12.1 Å². The van der Waals surface area contributed by atoms with E-state index in [4.69, 9.17) is 4.74 Å². The van der Waals surface area contributed by atoms with E-state index in [1.54, 1.807) is 12.1 Å². The first kappa shape index (κ1) is 23.5. The van der Waals surface area contributed by atoms with E-state index < -0.39 is 22.0 Å². The molecule has 3 rings (SSSR count). The zero-order valence-corrected chi connectivity index (χ0v) is 19.1. The number of hydrogen-bond acceptors (Lipinski definition) is 4. The zero-order chi connectivity index (χ0) is 23.0. The molecule has 0 saturated carbocycles. The van der Waals surface area contributed by atoms with Crippen LogP contribution in [0.4, 0.5) is 5.69 Å². The fourth-order valence-corrected chi connectivity index (χ4v) is 4.54. The number of hydrogen-bond donors (Lipinski definition) is 2. The highest BCUT2D eigenvalue weighted by Crippen LogP contribution is 2.19. The molecule has 3 aromatic rings. The average Bonchev–Trinajstić information content (AvgIpc) is 2.80. The Morgan fingerprint density at radius 3 is 2.22 bits per heavy atom. The van der Waals surface area contributed by atoms with Crippen molar-refractivity contribution in [3.05, 3.63) is 90.0 Å². The van der Waals surface area contributed by atoms with Crippen molar-refractivity contribution in [1.29, 1.82) is 0 Å². The first-order valence-electron chi connectivity index (χ1n) is 10.6. The van der Waals surface area contributed by atoms with Gasteiger partial charge in [-0.1, -0.05) is 55.5 Å². The van der Waals surface area contributed by atoms with Crippen LogP contribution in [0.2, 0.25) is 0 Å². The van der Waals surface area contributed by atoms with Crippen LogP contribution in [0.1, 0.15) is 25.0 Å². The van der Waals surface area contributed by atoms with Crippen molar-refractivity contribution in [2.45, 2.75) is 37.6 Å². The number of nitrogens with one attached hydrogen (secondary N) is 2. The summed E-state index contributed by atoms with van der Waals surface area (Å²) in [5.41, 5.74) is 2.51. The van der Waals surface area contributed by atoms with Gasteiger partial charge in [-0.05, 0) is 61.2 Å². The largest absolute Gasteiger partial charge is 0.494 e. The molecule has 0 radical (unpaired) electrons. The molecule has 3 aromatic carbocycles. The lowest BCUT2D eigenvalue weighted by Crippen LogP contribution is -2.45. The molecule has 0 aliphatic heterocycles. The molecule has 1 atom stereocenters. The molecule has 0 unspecified atom stereocenters. The van der Waals surface area contributed by atoms with Gasteiger partial charge in [0.15, 0.2) is 0 Å². The maximum absolute atomic E-state index is 13.2. The highest BCUT2D eigenvalue weighted by Gasteiger charge is 2.26. The van der Waals surface area contributed by atoms with Crippen LogP contribution in [0.15, 0.2) is 83.8 Å². The number of amides is 1. The van der Waals surface area contributed by atoms with Gasteiger partial charge >= 0.3 is 0 Å². The first-order valence-corrected chi connectivity index (χ1v) is 12.1. The summed E-state index contributed by atoms with van der Waals surface area (Å²) in [6, 6.07) is 22.0. The number of ether oxygens (including phenoxy) is 1.